The molecule has 0 unspecified atom stereocenters. The van der Waals surface area contributed by atoms with E-state index in [4.69, 9.17) is 13.9 Å². The van der Waals surface area contributed by atoms with Crippen LogP contribution in [0.1, 0.15) is 33.1 Å². The minimum atomic E-state index is -0.298. The number of pyridine rings is 1. The van der Waals surface area contributed by atoms with E-state index in [0.29, 0.717) is 37.0 Å². The minimum absolute atomic E-state index is 0.240. The van der Waals surface area contributed by atoms with E-state index in [2.05, 4.69) is 43.5 Å². The number of rotatable bonds is 12. The number of hydrogen-bond donors (Lipinski definition) is 2. The topological polar surface area (TPSA) is 106 Å². The van der Waals surface area contributed by atoms with Crippen LogP contribution in [-0.2, 0) is 26.1 Å². The molecular weight excluding hydrogens is 494 g/mol. The molecule has 0 saturated carbocycles. The average molecular weight is 526 g/mol. The molecule has 0 fully saturated rings. The summed E-state index contributed by atoms with van der Waals surface area (Å²) >= 11 is 0. The number of hydrogen-bond acceptors (Lipinski definition) is 7. The van der Waals surface area contributed by atoms with E-state index in [1.807, 2.05) is 42.5 Å². The van der Waals surface area contributed by atoms with Crippen molar-refractivity contribution in [1.29, 1.82) is 0 Å². The Bertz CT molecular complexity index is 1530. The Morgan fingerprint density at radius 3 is 2.74 bits per heavy atom. The number of ether oxygens (including phenoxy) is 2. The Morgan fingerprint density at radius 1 is 1.03 bits per heavy atom. The van der Waals surface area contributed by atoms with Gasteiger partial charge in [-0.1, -0.05) is 36.4 Å². The van der Waals surface area contributed by atoms with Crippen LogP contribution in [0.25, 0.3) is 10.9 Å². The highest BCUT2D eigenvalue weighted by molar-refractivity contribution is 5.91. The first kappa shape index (κ1) is 26.0. The SMILES string of the molecule is COc1cccc(CN(CCc2c[nH]c3ccccc23)Cc2nc(C(=O)NCc3cccnc3)co2)c1OC. The van der Waals surface area contributed by atoms with Gasteiger partial charge in [0.05, 0.1) is 20.8 Å². The summed E-state index contributed by atoms with van der Waals surface area (Å²) < 4.78 is 16.9. The van der Waals surface area contributed by atoms with Crippen molar-refractivity contribution >= 4 is 16.8 Å². The first-order valence-electron chi connectivity index (χ1n) is 12.7. The molecule has 0 radical (unpaired) electrons. The molecule has 5 rings (SSSR count). The Kier molecular flexibility index (Phi) is 8.18. The van der Waals surface area contributed by atoms with Crippen molar-refractivity contribution in [2.75, 3.05) is 20.8 Å². The van der Waals surface area contributed by atoms with Gasteiger partial charge in [0.1, 0.15) is 6.26 Å². The van der Waals surface area contributed by atoms with Gasteiger partial charge in [-0.25, -0.2) is 4.98 Å². The zero-order chi connectivity index (χ0) is 27.0. The van der Waals surface area contributed by atoms with Gasteiger partial charge in [-0.2, -0.15) is 0 Å². The van der Waals surface area contributed by atoms with Crippen molar-refractivity contribution < 1.29 is 18.7 Å². The Morgan fingerprint density at radius 2 is 1.92 bits per heavy atom. The van der Waals surface area contributed by atoms with Crippen LogP contribution < -0.4 is 14.8 Å². The van der Waals surface area contributed by atoms with E-state index in [9.17, 15) is 4.79 Å². The molecule has 0 spiro atoms. The molecule has 2 aromatic carbocycles. The first-order chi connectivity index (χ1) is 19.1. The van der Waals surface area contributed by atoms with Crippen LogP contribution in [-0.4, -0.2) is 46.5 Å². The molecule has 5 aromatic rings. The Labute approximate surface area is 226 Å². The van der Waals surface area contributed by atoms with Gasteiger partial charge >= 0.3 is 0 Å². The van der Waals surface area contributed by atoms with Gasteiger partial charge in [-0.15, -0.1) is 0 Å². The third-order valence-electron chi connectivity index (χ3n) is 6.57. The molecule has 0 aliphatic rings. The highest BCUT2D eigenvalue weighted by atomic mass is 16.5. The molecule has 9 nitrogen and oxygen atoms in total. The number of nitrogens with zero attached hydrogens (tertiary/aromatic N) is 3. The fraction of sp³-hybridized carbons (Fsp3) is 0.233. The number of carbonyl (C=O) groups excluding carboxylic acids is 1. The van der Waals surface area contributed by atoms with E-state index in [1.165, 1.54) is 17.2 Å². The lowest BCUT2D eigenvalue weighted by Crippen LogP contribution is -2.26. The number of oxazole rings is 1. The second kappa shape index (κ2) is 12.3. The number of amides is 1. The molecule has 0 bridgehead atoms. The van der Waals surface area contributed by atoms with Crippen LogP contribution in [0.5, 0.6) is 11.5 Å². The highest BCUT2D eigenvalue weighted by Gasteiger charge is 2.18. The minimum Gasteiger partial charge on any atom is -0.493 e. The van der Waals surface area contributed by atoms with Gasteiger partial charge in [-0.3, -0.25) is 14.7 Å². The molecular formula is C30H31N5O4. The van der Waals surface area contributed by atoms with Crippen LogP contribution in [0, 0.1) is 0 Å². The smallest absolute Gasteiger partial charge is 0.273 e. The van der Waals surface area contributed by atoms with Crippen molar-refractivity contribution in [1.82, 2.24) is 25.2 Å². The zero-order valence-corrected chi connectivity index (χ0v) is 22.0. The molecule has 0 atom stereocenters. The van der Waals surface area contributed by atoms with Gasteiger partial charge in [0.15, 0.2) is 17.2 Å². The Hall–Kier alpha value is -4.63. The maximum absolute atomic E-state index is 12.7. The van der Waals surface area contributed by atoms with Gasteiger partial charge in [0, 0.05) is 54.7 Å². The fourth-order valence-electron chi connectivity index (χ4n) is 4.60. The van der Waals surface area contributed by atoms with Gasteiger partial charge in [-0.05, 0) is 35.7 Å². The second-order valence-electron chi connectivity index (χ2n) is 9.14. The molecule has 9 heteroatoms. The van der Waals surface area contributed by atoms with Crippen LogP contribution in [0.15, 0.2) is 83.9 Å². The predicted molar refractivity (Wildman–Crippen MR) is 148 cm³/mol. The van der Waals surface area contributed by atoms with Crippen LogP contribution in [0.2, 0.25) is 0 Å². The fourth-order valence-corrected chi connectivity index (χ4v) is 4.60. The number of methoxy groups -OCH3 is 2. The normalized spacial score (nSPS) is 11.2. The van der Waals surface area contributed by atoms with E-state index in [-0.39, 0.29) is 11.6 Å². The summed E-state index contributed by atoms with van der Waals surface area (Å²) in [6, 6.07) is 17.9. The van der Waals surface area contributed by atoms with Crippen LogP contribution >= 0.6 is 0 Å². The third kappa shape index (κ3) is 6.27. The largest absolute Gasteiger partial charge is 0.493 e. The van der Waals surface area contributed by atoms with Crippen LogP contribution in [0.3, 0.4) is 0 Å². The lowest BCUT2D eigenvalue weighted by Gasteiger charge is -2.22. The summed E-state index contributed by atoms with van der Waals surface area (Å²) in [5, 5.41) is 4.07. The number of benzene rings is 2. The molecule has 2 N–H and O–H groups in total. The number of fused-ring (bicyclic) bond motifs is 1. The van der Waals surface area contributed by atoms with Crippen molar-refractivity contribution in [3.8, 4) is 11.5 Å². The van der Waals surface area contributed by atoms with Crippen molar-refractivity contribution in [2.24, 2.45) is 0 Å². The quantitative estimate of drug-likeness (QED) is 0.242. The molecule has 3 aromatic heterocycles. The van der Waals surface area contributed by atoms with Crippen LogP contribution in [0.4, 0.5) is 0 Å². The molecule has 0 aliphatic carbocycles. The zero-order valence-electron chi connectivity index (χ0n) is 22.0. The maximum Gasteiger partial charge on any atom is 0.273 e. The van der Waals surface area contributed by atoms with Crippen molar-refractivity contribution in [2.45, 2.75) is 26.1 Å². The predicted octanol–water partition coefficient (Wildman–Crippen LogP) is 4.74. The lowest BCUT2D eigenvalue weighted by atomic mass is 10.1. The molecule has 3 heterocycles. The Balaban J connectivity index is 1.32. The van der Waals surface area contributed by atoms with Crippen molar-refractivity contribution in [3.63, 3.8) is 0 Å². The monoisotopic (exact) mass is 525 g/mol. The van der Waals surface area contributed by atoms with Gasteiger partial charge in [0.25, 0.3) is 5.91 Å². The molecule has 39 heavy (non-hydrogen) atoms. The van der Waals surface area contributed by atoms with Gasteiger partial charge in [0.2, 0.25) is 5.89 Å². The number of carbonyl (C=O) groups is 1. The summed E-state index contributed by atoms with van der Waals surface area (Å²) in [5.74, 6) is 1.53. The summed E-state index contributed by atoms with van der Waals surface area (Å²) in [5.41, 5.74) is 4.48. The molecule has 1 amide bonds. The number of para-hydroxylation sites is 2. The molecule has 0 saturated heterocycles. The van der Waals surface area contributed by atoms with E-state index in [1.54, 1.807) is 26.6 Å². The standard InChI is InChI=1S/C30H31N5O4/c1-37-27-11-5-8-23(29(27)38-2)18-35(14-12-22-17-32-25-10-4-3-9-24(22)25)19-28-34-26(20-39-28)30(36)33-16-21-7-6-13-31-15-21/h3-11,13,15,17,20,32H,12,14,16,18-19H2,1-2H3,(H,33,36). The van der Waals surface area contributed by atoms with E-state index < -0.39 is 0 Å². The van der Waals surface area contributed by atoms with Gasteiger partial charge < -0.3 is 24.2 Å². The second-order valence-corrected chi connectivity index (χ2v) is 9.14. The molecule has 0 aliphatic heterocycles. The number of nitrogens with one attached hydrogen (secondary N) is 2. The summed E-state index contributed by atoms with van der Waals surface area (Å²) in [4.78, 5) is 26.8. The number of aromatic amines is 1. The van der Waals surface area contributed by atoms with E-state index >= 15 is 0 Å². The van der Waals surface area contributed by atoms with E-state index in [0.717, 1.165) is 29.6 Å². The average Bonchev–Trinajstić information content (AvgIpc) is 3.62. The summed E-state index contributed by atoms with van der Waals surface area (Å²) in [6.07, 6.45) is 7.69. The van der Waals surface area contributed by atoms with Crippen molar-refractivity contribution in [3.05, 3.63) is 108 Å². The highest BCUT2D eigenvalue weighted by Crippen LogP contribution is 2.32. The summed E-state index contributed by atoms with van der Waals surface area (Å²) in [6.45, 7) is 2.08. The summed E-state index contributed by atoms with van der Waals surface area (Å²) in [7, 11) is 3.27. The molecule has 200 valence electrons. The first-order valence-corrected chi connectivity index (χ1v) is 12.7. The number of H-pyrrole nitrogens is 1. The number of aromatic nitrogens is 3. The lowest BCUT2D eigenvalue weighted by molar-refractivity contribution is 0.0945. The maximum atomic E-state index is 12.7. The third-order valence-corrected chi connectivity index (χ3v) is 6.57.